The van der Waals surface area contributed by atoms with E-state index < -0.39 is 11.7 Å². The standard InChI is InChI=1S/C23H14ClFO3/c1-10-7-13(12-3-4-15(25)14(24)9-12)8-11(2)18(10)21-22(26)19-16-5-6-17(28-16)20(19)23(21)27/h3-9,21H,1-2H3. The monoisotopic (exact) mass is 392 g/mol. The molecule has 4 aromatic rings. The van der Waals surface area contributed by atoms with E-state index >= 15 is 0 Å². The Kier molecular flexibility index (Phi) is 3.52. The Balaban J connectivity index is 1.62. The number of hydrogen-bond donors (Lipinski definition) is 0. The Hall–Kier alpha value is -2.98. The first kappa shape index (κ1) is 17.1. The highest BCUT2D eigenvalue weighted by molar-refractivity contribution is 6.35. The van der Waals surface area contributed by atoms with Crippen LogP contribution in [0.2, 0.25) is 5.02 Å². The predicted octanol–water partition coefficient (Wildman–Crippen LogP) is 6.11. The zero-order valence-corrected chi connectivity index (χ0v) is 15.9. The zero-order valence-electron chi connectivity index (χ0n) is 15.1. The number of benzene rings is 3. The van der Waals surface area contributed by atoms with E-state index in [2.05, 4.69) is 0 Å². The van der Waals surface area contributed by atoms with E-state index in [1.807, 2.05) is 26.0 Å². The van der Waals surface area contributed by atoms with Gasteiger partial charge in [0, 0.05) is 0 Å². The lowest BCUT2D eigenvalue weighted by Crippen LogP contribution is -2.16. The Morgan fingerprint density at radius 2 is 1.43 bits per heavy atom. The molecule has 2 heterocycles. The summed E-state index contributed by atoms with van der Waals surface area (Å²) in [4.78, 5) is 26.1. The van der Waals surface area contributed by atoms with Crippen LogP contribution in [0.15, 0.2) is 46.9 Å². The van der Waals surface area contributed by atoms with Gasteiger partial charge in [-0.2, -0.15) is 0 Å². The summed E-state index contributed by atoms with van der Waals surface area (Å²) in [5.41, 5.74) is 5.77. The number of hydrogen-bond acceptors (Lipinski definition) is 3. The number of fused-ring (bicyclic) bond motifs is 5. The number of ketones is 2. The van der Waals surface area contributed by atoms with E-state index in [9.17, 15) is 14.0 Å². The second-order valence-electron chi connectivity index (χ2n) is 7.23. The van der Waals surface area contributed by atoms with Crippen LogP contribution >= 0.6 is 11.6 Å². The second-order valence-corrected chi connectivity index (χ2v) is 7.64. The average molecular weight is 393 g/mol. The third-order valence-electron chi connectivity index (χ3n) is 5.50. The molecule has 0 spiro atoms. The number of carbonyl (C=O) groups excluding carboxylic acids is 2. The lowest BCUT2D eigenvalue weighted by atomic mass is 9.85. The van der Waals surface area contributed by atoms with E-state index in [4.69, 9.17) is 16.0 Å². The van der Waals surface area contributed by atoms with Crippen molar-refractivity contribution in [2.45, 2.75) is 19.8 Å². The molecule has 28 heavy (non-hydrogen) atoms. The lowest BCUT2D eigenvalue weighted by molar-refractivity contribution is 0.0889. The summed E-state index contributed by atoms with van der Waals surface area (Å²) in [6, 6.07) is 11.8. The van der Waals surface area contributed by atoms with Gasteiger partial charge in [-0.05, 0) is 65.9 Å². The number of carbonyl (C=O) groups is 2. The molecule has 5 heteroatoms. The average Bonchev–Trinajstić information content (AvgIpc) is 3.33. The highest BCUT2D eigenvalue weighted by Gasteiger charge is 2.45. The highest BCUT2D eigenvalue weighted by Crippen LogP contribution is 2.44. The maximum Gasteiger partial charge on any atom is 0.182 e. The largest absolute Gasteiger partial charge is 0.456 e. The summed E-state index contributed by atoms with van der Waals surface area (Å²) in [6.07, 6.45) is 0. The Labute approximate surface area is 165 Å². The van der Waals surface area contributed by atoms with Crippen LogP contribution in [0.25, 0.3) is 22.3 Å². The molecule has 0 unspecified atom stereocenters. The van der Waals surface area contributed by atoms with Gasteiger partial charge in [0.05, 0.1) is 16.1 Å². The van der Waals surface area contributed by atoms with Crippen molar-refractivity contribution in [3.8, 4) is 11.1 Å². The molecule has 1 aliphatic rings. The molecule has 0 fully saturated rings. The molecule has 0 amide bonds. The van der Waals surface area contributed by atoms with Gasteiger partial charge in [0.2, 0.25) is 0 Å². The van der Waals surface area contributed by atoms with Crippen LogP contribution in [0.1, 0.15) is 43.3 Å². The fourth-order valence-electron chi connectivity index (χ4n) is 4.28. The smallest absolute Gasteiger partial charge is 0.182 e. The van der Waals surface area contributed by atoms with Crippen molar-refractivity contribution in [2.75, 3.05) is 0 Å². The minimum absolute atomic E-state index is 0.0516. The molecule has 1 aliphatic carbocycles. The fourth-order valence-corrected chi connectivity index (χ4v) is 4.47. The summed E-state index contributed by atoms with van der Waals surface area (Å²) in [7, 11) is 0. The molecule has 0 atom stereocenters. The highest BCUT2D eigenvalue weighted by atomic mass is 35.5. The van der Waals surface area contributed by atoms with Crippen LogP contribution in [0, 0.1) is 19.7 Å². The van der Waals surface area contributed by atoms with Gasteiger partial charge >= 0.3 is 0 Å². The van der Waals surface area contributed by atoms with Crippen molar-refractivity contribution in [3.05, 3.63) is 81.1 Å². The predicted molar refractivity (Wildman–Crippen MR) is 105 cm³/mol. The van der Waals surface area contributed by atoms with Crippen LogP contribution in [0.4, 0.5) is 4.39 Å². The molecule has 138 valence electrons. The maximum absolute atomic E-state index is 13.5. The van der Waals surface area contributed by atoms with Gasteiger partial charge in [-0.1, -0.05) is 29.8 Å². The molecular formula is C23H14ClFO3. The van der Waals surface area contributed by atoms with Gasteiger partial charge in [0.25, 0.3) is 0 Å². The third kappa shape index (κ3) is 2.21. The normalized spacial score (nSPS) is 14.4. The SMILES string of the molecule is Cc1cc(-c2ccc(F)c(Cl)c2)cc(C)c1C1C(=O)c2c(c3ccc2o3)C1=O. The summed E-state index contributed by atoms with van der Waals surface area (Å²) >= 11 is 5.91. The molecule has 3 nitrogen and oxygen atoms in total. The van der Waals surface area contributed by atoms with Crippen LogP contribution in [0.5, 0.6) is 0 Å². The molecule has 2 aromatic heterocycles. The lowest BCUT2D eigenvalue weighted by Gasteiger charge is -2.17. The molecule has 0 radical (unpaired) electrons. The van der Waals surface area contributed by atoms with Gasteiger partial charge in [0.1, 0.15) is 22.9 Å². The van der Waals surface area contributed by atoms with Gasteiger partial charge in [-0.3, -0.25) is 9.59 Å². The maximum atomic E-state index is 13.5. The summed E-state index contributed by atoms with van der Waals surface area (Å²) < 4.78 is 19.0. The Bertz CT molecular complexity index is 1230. The molecular weight excluding hydrogens is 379 g/mol. The molecule has 0 saturated heterocycles. The minimum Gasteiger partial charge on any atom is -0.456 e. The minimum atomic E-state index is -0.843. The molecule has 0 N–H and O–H groups in total. The van der Waals surface area contributed by atoms with Crippen molar-refractivity contribution in [1.82, 2.24) is 0 Å². The Morgan fingerprint density at radius 3 is 1.96 bits per heavy atom. The second kappa shape index (κ2) is 5.76. The Morgan fingerprint density at radius 1 is 0.857 bits per heavy atom. The van der Waals surface area contributed by atoms with Crippen molar-refractivity contribution >= 4 is 34.3 Å². The van der Waals surface area contributed by atoms with Gasteiger partial charge in [-0.25, -0.2) is 4.39 Å². The van der Waals surface area contributed by atoms with E-state index in [0.717, 1.165) is 27.8 Å². The molecule has 2 bridgehead atoms. The van der Waals surface area contributed by atoms with Gasteiger partial charge in [-0.15, -0.1) is 0 Å². The number of halogens is 2. The van der Waals surface area contributed by atoms with E-state index in [0.29, 0.717) is 22.3 Å². The first-order valence-corrected chi connectivity index (χ1v) is 9.24. The molecule has 2 aromatic carbocycles. The van der Waals surface area contributed by atoms with Gasteiger partial charge < -0.3 is 4.42 Å². The van der Waals surface area contributed by atoms with Crippen LogP contribution in [0.3, 0.4) is 0 Å². The van der Waals surface area contributed by atoms with Crippen molar-refractivity contribution in [2.24, 2.45) is 0 Å². The molecule has 0 saturated carbocycles. The van der Waals surface area contributed by atoms with E-state index in [1.54, 1.807) is 24.3 Å². The van der Waals surface area contributed by atoms with Crippen LogP contribution in [-0.4, -0.2) is 11.6 Å². The summed E-state index contributed by atoms with van der Waals surface area (Å²) in [5, 5.41) is 0.0516. The molecule has 0 aliphatic heterocycles. The third-order valence-corrected chi connectivity index (χ3v) is 5.79. The molecule has 5 rings (SSSR count). The first-order valence-electron chi connectivity index (χ1n) is 8.86. The number of Topliss-reactive ketones (excluding diaryl/α,β-unsaturated/α-hetero) is 2. The number of aryl methyl sites for hydroxylation is 2. The quantitative estimate of drug-likeness (QED) is 0.387. The topological polar surface area (TPSA) is 47.3 Å². The van der Waals surface area contributed by atoms with Crippen molar-refractivity contribution in [1.29, 1.82) is 0 Å². The first-order chi connectivity index (χ1) is 13.4. The van der Waals surface area contributed by atoms with E-state index in [1.165, 1.54) is 6.07 Å². The van der Waals surface area contributed by atoms with Crippen LogP contribution in [-0.2, 0) is 0 Å². The summed E-state index contributed by atoms with van der Waals surface area (Å²) in [6.45, 7) is 3.76. The number of furan rings is 2. The fraction of sp³-hybridized carbons (Fsp3) is 0.130. The zero-order chi connectivity index (χ0) is 19.7. The van der Waals surface area contributed by atoms with Crippen molar-refractivity contribution in [3.63, 3.8) is 0 Å². The van der Waals surface area contributed by atoms with Gasteiger partial charge in [0.15, 0.2) is 11.6 Å². The summed E-state index contributed by atoms with van der Waals surface area (Å²) in [5.74, 6) is -1.74. The number of rotatable bonds is 2. The van der Waals surface area contributed by atoms with Crippen LogP contribution < -0.4 is 0 Å². The van der Waals surface area contributed by atoms with Crippen molar-refractivity contribution < 1.29 is 18.4 Å². The van der Waals surface area contributed by atoms with E-state index in [-0.39, 0.29) is 16.6 Å².